The Kier molecular flexibility index (Phi) is 5.78. The molecule has 0 saturated carbocycles. The highest BCUT2D eigenvalue weighted by atomic mass is 79.9. The number of nitrogens with one attached hydrogen (secondary N) is 2. The van der Waals surface area contributed by atoms with Gasteiger partial charge in [0.2, 0.25) is 11.1 Å². The summed E-state index contributed by atoms with van der Waals surface area (Å²) < 4.78 is 0.889. The van der Waals surface area contributed by atoms with Crippen molar-refractivity contribution < 1.29 is 9.59 Å². The topological polar surface area (TPSA) is 114 Å². The Hall–Kier alpha value is -1.87. The number of carbonyl (C=O) groups excluding carboxylic acids is 2. The first-order valence-electron chi connectivity index (χ1n) is 6.82. The van der Waals surface area contributed by atoms with Crippen LogP contribution >= 0.6 is 27.7 Å². The van der Waals surface area contributed by atoms with Gasteiger partial charge < -0.3 is 5.73 Å². The summed E-state index contributed by atoms with van der Waals surface area (Å²) in [5.74, 6) is 0.118. The predicted octanol–water partition coefficient (Wildman–Crippen LogP) is 2.55. The van der Waals surface area contributed by atoms with Crippen LogP contribution in [-0.4, -0.2) is 32.4 Å². The molecule has 1 heterocycles. The van der Waals surface area contributed by atoms with Crippen LogP contribution in [0.3, 0.4) is 0 Å². The second-order valence-corrected chi connectivity index (χ2v) is 7.05. The number of H-pyrrole nitrogens is 1. The lowest BCUT2D eigenvalue weighted by Gasteiger charge is -2.16. The second kappa shape index (κ2) is 7.60. The summed E-state index contributed by atoms with van der Waals surface area (Å²) in [6.07, 6.45) is 0. The molecule has 2 aromatic rings. The summed E-state index contributed by atoms with van der Waals surface area (Å²) in [4.78, 5) is 27.3. The molecule has 122 valence electrons. The highest BCUT2D eigenvalue weighted by Gasteiger charge is 2.26. The van der Waals surface area contributed by atoms with E-state index in [0.717, 1.165) is 10.0 Å². The van der Waals surface area contributed by atoms with E-state index in [4.69, 9.17) is 5.73 Å². The molecule has 1 aromatic heterocycles. The Bertz CT molecular complexity index is 719. The summed E-state index contributed by atoms with van der Waals surface area (Å²) in [5, 5.41) is 8.98. The van der Waals surface area contributed by atoms with E-state index < -0.39 is 17.2 Å². The number of hydrogen-bond acceptors (Lipinski definition) is 5. The highest BCUT2D eigenvalue weighted by molar-refractivity contribution is 9.10. The summed E-state index contributed by atoms with van der Waals surface area (Å²) in [6, 6.07) is 6.74. The third kappa shape index (κ3) is 4.55. The Balaban J connectivity index is 2.18. The number of thioether (sulfide) groups is 1. The van der Waals surface area contributed by atoms with E-state index in [2.05, 4.69) is 36.4 Å². The SMILES string of the molecule is CC(C)[C@@H](Sc1n[nH]c(-c2ccccc2Br)n1)C(=O)NC(N)=O. The summed E-state index contributed by atoms with van der Waals surface area (Å²) >= 11 is 4.64. The van der Waals surface area contributed by atoms with Crippen molar-refractivity contribution in [2.24, 2.45) is 11.7 Å². The maximum atomic E-state index is 12.0. The maximum absolute atomic E-state index is 12.0. The summed E-state index contributed by atoms with van der Waals surface area (Å²) in [7, 11) is 0. The highest BCUT2D eigenvalue weighted by Crippen LogP contribution is 2.29. The van der Waals surface area contributed by atoms with Gasteiger partial charge in [-0.05, 0) is 12.0 Å². The molecule has 2 rings (SSSR count). The predicted molar refractivity (Wildman–Crippen MR) is 91.7 cm³/mol. The molecule has 1 atom stereocenters. The van der Waals surface area contributed by atoms with E-state index in [0.29, 0.717) is 11.0 Å². The average molecular weight is 398 g/mol. The van der Waals surface area contributed by atoms with Gasteiger partial charge in [-0.2, -0.15) is 0 Å². The van der Waals surface area contributed by atoms with Crippen LogP contribution < -0.4 is 11.1 Å². The number of urea groups is 1. The number of carbonyl (C=O) groups is 2. The van der Waals surface area contributed by atoms with Crippen molar-refractivity contribution in [3.8, 4) is 11.4 Å². The molecule has 0 spiro atoms. The Labute approximate surface area is 145 Å². The molecule has 0 aliphatic rings. The monoisotopic (exact) mass is 397 g/mol. The van der Waals surface area contributed by atoms with E-state index >= 15 is 0 Å². The molecule has 1 aromatic carbocycles. The van der Waals surface area contributed by atoms with Crippen LogP contribution in [0, 0.1) is 5.92 Å². The first kappa shape index (κ1) is 17.5. The van der Waals surface area contributed by atoms with Crippen LogP contribution in [0.5, 0.6) is 0 Å². The smallest absolute Gasteiger partial charge is 0.318 e. The number of amides is 3. The van der Waals surface area contributed by atoms with Gasteiger partial charge in [0.1, 0.15) is 0 Å². The van der Waals surface area contributed by atoms with Gasteiger partial charge in [0.15, 0.2) is 5.82 Å². The van der Waals surface area contributed by atoms with E-state index in [-0.39, 0.29) is 5.92 Å². The molecule has 0 fully saturated rings. The molecule has 0 bridgehead atoms. The molecular formula is C14H16BrN5O2S. The Morgan fingerprint density at radius 1 is 1.35 bits per heavy atom. The first-order valence-corrected chi connectivity index (χ1v) is 8.50. The molecule has 0 aliphatic carbocycles. The van der Waals surface area contributed by atoms with Gasteiger partial charge >= 0.3 is 6.03 Å². The molecule has 7 nitrogen and oxygen atoms in total. The zero-order valence-electron chi connectivity index (χ0n) is 12.5. The minimum absolute atomic E-state index is 0.0234. The molecular weight excluding hydrogens is 382 g/mol. The summed E-state index contributed by atoms with van der Waals surface area (Å²) in [5.41, 5.74) is 5.87. The lowest BCUT2D eigenvalue weighted by Crippen LogP contribution is -2.42. The van der Waals surface area contributed by atoms with Crippen molar-refractivity contribution in [3.63, 3.8) is 0 Å². The third-order valence-electron chi connectivity index (χ3n) is 2.94. The minimum Gasteiger partial charge on any atom is -0.351 e. The second-order valence-electron chi connectivity index (χ2n) is 5.08. The number of primary amides is 1. The van der Waals surface area contributed by atoms with Gasteiger partial charge in [0.05, 0.1) is 5.25 Å². The fourth-order valence-electron chi connectivity index (χ4n) is 1.87. The van der Waals surface area contributed by atoms with Gasteiger partial charge in [-0.25, -0.2) is 9.78 Å². The largest absolute Gasteiger partial charge is 0.351 e. The zero-order chi connectivity index (χ0) is 17.0. The fourth-order valence-corrected chi connectivity index (χ4v) is 3.25. The Morgan fingerprint density at radius 3 is 2.65 bits per heavy atom. The van der Waals surface area contributed by atoms with Crippen LogP contribution in [0.15, 0.2) is 33.9 Å². The number of nitrogens with two attached hydrogens (primary N) is 1. The molecule has 0 radical (unpaired) electrons. The van der Waals surface area contributed by atoms with Gasteiger partial charge in [0.25, 0.3) is 0 Å². The third-order valence-corrected chi connectivity index (χ3v) is 5.03. The Morgan fingerprint density at radius 2 is 2.04 bits per heavy atom. The average Bonchev–Trinajstić information content (AvgIpc) is 2.92. The fraction of sp³-hybridized carbons (Fsp3) is 0.286. The van der Waals surface area contributed by atoms with Crippen molar-refractivity contribution in [3.05, 3.63) is 28.7 Å². The van der Waals surface area contributed by atoms with E-state index in [1.54, 1.807) is 0 Å². The molecule has 23 heavy (non-hydrogen) atoms. The lowest BCUT2D eigenvalue weighted by molar-refractivity contribution is -0.120. The number of aromatic nitrogens is 3. The van der Waals surface area contributed by atoms with Crippen molar-refractivity contribution in [1.29, 1.82) is 0 Å². The molecule has 3 amide bonds. The zero-order valence-corrected chi connectivity index (χ0v) is 14.9. The molecule has 4 N–H and O–H groups in total. The van der Waals surface area contributed by atoms with Crippen molar-refractivity contribution in [1.82, 2.24) is 20.5 Å². The quantitative estimate of drug-likeness (QED) is 0.670. The van der Waals surface area contributed by atoms with Crippen molar-refractivity contribution >= 4 is 39.6 Å². The number of nitrogens with zero attached hydrogens (tertiary/aromatic N) is 2. The van der Waals surface area contributed by atoms with E-state index in [9.17, 15) is 9.59 Å². The number of imide groups is 1. The molecule has 0 unspecified atom stereocenters. The van der Waals surface area contributed by atoms with Crippen LogP contribution in [0.2, 0.25) is 0 Å². The van der Waals surface area contributed by atoms with Crippen LogP contribution in [-0.2, 0) is 4.79 Å². The van der Waals surface area contributed by atoms with Gasteiger partial charge in [0, 0.05) is 10.0 Å². The number of halogens is 1. The van der Waals surface area contributed by atoms with Crippen LogP contribution in [0.25, 0.3) is 11.4 Å². The van der Waals surface area contributed by atoms with Gasteiger partial charge in [-0.1, -0.05) is 59.7 Å². The van der Waals surface area contributed by atoms with Crippen LogP contribution in [0.1, 0.15) is 13.8 Å². The van der Waals surface area contributed by atoms with E-state index in [1.165, 1.54) is 11.8 Å². The first-order chi connectivity index (χ1) is 10.9. The molecule has 9 heteroatoms. The van der Waals surface area contributed by atoms with Gasteiger partial charge in [-0.3, -0.25) is 15.2 Å². The lowest BCUT2D eigenvalue weighted by atomic mass is 10.1. The molecule has 0 aliphatic heterocycles. The van der Waals surface area contributed by atoms with Crippen molar-refractivity contribution in [2.45, 2.75) is 24.3 Å². The number of benzene rings is 1. The van der Waals surface area contributed by atoms with Crippen LogP contribution in [0.4, 0.5) is 4.79 Å². The van der Waals surface area contributed by atoms with Gasteiger partial charge in [-0.15, -0.1) is 5.10 Å². The van der Waals surface area contributed by atoms with Crippen molar-refractivity contribution in [2.75, 3.05) is 0 Å². The maximum Gasteiger partial charge on any atom is 0.318 e. The minimum atomic E-state index is -0.870. The standard InChI is InChI=1S/C14H16BrN5O2S/c1-7(2)10(12(21)18-13(16)22)23-14-17-11(19-20-14)8-5-3-4-6-9(8)15/h3-7,10H,1-2H3,(H,17,19,20)(H3,16,18,21,22)/t10-/m1/s1. The number of rotatable bonds is 5. The van der Waals surface area contributed by atoms with E-state index in [1.807, 2.05) is 38.1 Å². The normalized spacial score (nSPS) is 12.2. The summed E-state index contributed by atoms with van der Waals surface area (Å²) in [6.45, 7) is 3.75. The number of aromatic amines is 1. The number of hydrogen-bond donors (Lipinski definition) is 3. The molecule has 0 saturated heterocycles.